The Morgan fingerprint density at radius 2 is 1.90 bits per heavy atom. The third-order valence-corrected chi connectivity index (χ3v) is 4.87. The second kappa shape index (κ2) is 5.90. The van der Waals surface area contributed by atoms with Gasteiger partial charge in [-0.2, -0.15) is 0 Å². The van der Waals surface area contributed by atoms with Gasteiger partial charge in [0.1, 0.15) is 5.82 Å². The molecule has 0 heterocycles. The number of nitrogens with two attached hydrogens (primary N) is 1. The molecule has 0 unspecified atom stereocenters. The van der Waals surface area contributed by atoms with Gasteiger partial charge in [-0.25, -0.2) is 17.5 Å². The van der Waals surface area contributed by atoms with Crippen molar-refractivity contribution >= 4 is 31.6 Å². The normalized spacial score (nSPS) is 11.5. The Balaban J connectivity index is 2.19. The predicted octanol–water partition coefficient (Wildman–Crippen LogP) is 2.65. The van der Waals surface area contributed by atoms with Crippen molar-refractivity contribution in [1.29, 1.82) is 0 Å². The molecule has 4 nitrogen and oxygen atoms in total. The molecule has 106 valence electrons. The number of nitrogens with one attached hydrogen (secondary N) is 1. The van der Waals surface area contributed by atoms with Gasteiger partial charge < -0.3 is 5.73 Å². The summed E-state index contributed by atoms with van der Waals surface area (Å²) < 4.78 is 40.6. The van der Waals surface area contributed by atoms with E-state index in [1.165, 1.54) is 12.1 Å². The van der Waals surface area contributed by atoms with Gasteiger partial charge in [-0.05, 0) is 29.8 Å². The van der Waals surface area contributed by atoms with Crippen LogP contribution in [0.1, 0.15) is 5.56 Å². The average Bonchev–Trinajstić information content (AvgIpc) is 2.41. The molecule has 3 N–H and O–H groups in total. The minimum Gasteiger partial charge on any atom is -0.396 e. The quantitative estimate of drug-likeness (QED) is 0.825. The standard InChI is InChI=1S/C13H12BrFN2O2S/c14-11-4-2-1-3-9(11)8-17-20(18,19)10-5-6-13(16)12(15)7-10/h1-7,17H,8,16H2. The Hall–Kier alpha value is -1.44. The van der Waals surface area contributed by atoms with Crippen LogP contribution in [0.4, 0.5) is 10.1 Å². The van der Waals surface area contributed by atoms with E-state index in [1.54, 1.807) is 12.1 Å². The zero-order valence-electron chi connectivity index (χ0n) is 10.3. The largest absolute Gasteiger partial charge is 0.396 e. The third kappa shape index (κ3) is 3.36. The molecule has 0 atom stereocenters. The second-order valence-corrected chi connectivity index (χ2v) is 6.72. The number of benzene rings is 2. The topological polar surface area (TPSA) is 72.2 Å². The first-order valence-electron chi connectivity index (χ1n) is 5.68. The molecule has 2 aromatic carbocycles. The summed E-state index contributed by atoms with van der Waals surface area (Å²) in [5.74, 6) is -0.756. The molecule has 0 radical (unpaired) electrons. The van der Waals surface area contributed by atoms with E-state index in [-0.39, 0.29) is 17.1 Å². The van der Waals surface area contributed by atoms with Crippen molar-refractivity contribution in [2.75, 3.05) is 5.73 Å². The van der Waals surface area contributed by atoms with Gasteiger partial charge in [0.2, 0.25) is 10.0 Å². The first kappa shape index (κ1) is 15.0. The Bertz CT molecular complexity index is 735. The van der Waals surface area contributed by atoms with Crippen LogP contribution in [0.5, 0.6) is 0 Å². The van der Waals surface area contributed by atoms with Crippen LogP contribution in [0.3, 0.4) is 0 Å². The lowest BCUT2D eigenvalue weighted by Gasteiger charge is -2.09. The zero-order chi connectivity index (χ0) is 14.8. The summed E-state index contributed by atoms with van der Waals surface area (Å²) in [6, 6.07) is 10.6. The van der Waals surface area contributed by atoms with Gasteiger partial charge >= 0.3 is 0 Å². The SMILES string of the molecule is Nc1ccc(S(=O)(=O)NCc2ccccc2Br)cc1F. The highest BCUT2D eigenvalue weighted by Crippen LogP contribution is 2.18. The fourth-order valence-corrected chi connectivity index (χ4v) is 3.02. The highest BCUT2D eigenvalue weighted by Gasteiger charge is 2.15. The average molecular weight is 359 g/mol. The first-order chi connectivity index (χ1) is 9.40. The maximum absolute atomic E-state index is 13.3. The molecule has 0 aliphatic heterocycles. The van der Waals surface area contributed by atoms with Crippen molar-refractivity contribution in [2.24, 2.45) is 0 Å². The fraction of sp³-hybridized carbons (Fsp3) is 0.0769. The Labute approximate surface area is 125 Å². The number of halogens is 2. The van der Waals surface area contributed by atoms with Gasteiger partial charge in [0, 0.05) is 11.0 Å². The van der Waals surface area contributed by atoms with Crippen LogP contribution in [-0.2, 0) is 16.6 Å². The first-order valence-corrected chi connectivity index (χ1v) is 7.96. The number of rotatable bonds is 4. The maximum Gasteiger partial charge on any atom is 0.240 e. The van der Waals surface area contributed by atoms with Gasteiger partial charge in [-0.3, -0.25) is 0 Å². The third-order valence-electron chi connectivity index (χ3n) is 2.69. The van der Waals surface area contributed by atoms with E-state index in [1.807, 2.05) is 12.1 Å². The molecule has 2 aromatic rings. The van der Waals surface area contributed by atoms with E-state index in [0.29, 0.717) is 0 Å². The van der Waals surface area contributed by atoms with Crippen molar-refractivity contribution < 1.29 is 12.8 Å². The van der Waals surface area contributed by atoms with Gasteiger partial charge in [0.25, 0.3) is 0 Å². The van der Waals surface area contributed by atoms with Crippen LogP contribution >= 0.6 is 15.9 Å². The minimum absolute atomic E-state index is 0.0882. The van der Waals surface area contributed by atoms with Crippen molar-refractivity contribution in [3.63, 3.8) is 0 Å². The van der Waals surface area contributed by atoms with Crippen LogP contribution in [-0.4, -0.2) is 8.42 Å². The monoisotopic (exact) mass is 358 g/mol. The zero-order valence-corrected chi connectivity index (χ0v) is 12.7. The molecule has 7 heteroatoms. The summed E-state index contributed by atoms with van der Waals surface area (Å²) in [7, 11) is -3.78. The molecule has 0 amide bonds. The van der Waals surface area contributed by atoms with Gasteiger partial charge in [-0.1, -0.05) is 34.1 Å². The maximum atomic E-state index is 13.3. The predicted molar refractivity (Wildman–Crippen MR) is 79.0 cm³/mol. The van der Waals surface area contributed by atoms with Gasteiger partial charge in [0.15, 0.2) is 0 Å². The number of hydrogen-bond donors (Lipinski definition) is 2. The molecular weight excluding hydrogens is 347 g/mol. The van der Waals surface area contributed by atoms with E-state index < -0.39 is 15.8 Å². The lowest BCUT2D eigenvalue weighted by Crippen LogP contribution is -2.23. The summed E-state index contributed by atoms with van der Waals surface area (Å²) in [5, 5.41) is 0. The number of nitrogen functional groups attached to an aromatic ring is 1. The second-order valence-electron chi connectivity index (χ2n) is 4.10. The summed E-state index contributed by atoms with van der Waals surface area (Å²) in [5.41, 5.74) is 6.02. The van der Waals surface area contributed by atoms with E-state index in [0.717, 1.165) is 16.1 Å². The highest BCUT2D eigenvalue weighted by atomic mass is 79.9. The van der Waals surface area contributed by atoms with Crippen LogP contribution in [0.15, 0.2) is 51.8 Å². The van der Waals surface area contributed by atoms with Gasteiger partial charge in [-0.15, -0.1) is 0 Å². The number of anilines is 1. The molecule has 0 fully saturated rings. The summed E-state index contributed by atoms with van der Waals surface area (Å²) in [4.78, 5) is -0.156. The molecule has 0 bridgehead atoms. The molecule has 0 aromatic heterocycles. The van der Waals surface area contributed by atoms with E-state index in [4.69, 9.17) is 5.73 Å². The van der Waals surface area contributed by atoms with Crippen LogP contribution in [0, 0.1) is 5.82 Å². The minimum atomic E-state index is -3.78. The summed E-state index contributed by atoms with van der Waals surface area (Å²) in [6.45, 7) is 0.107. The summed E-state index contributed by atoms with van der Waals surface area (Å²) >= 11 is 3.33. The molecule has 20 heavy (non-hydrogen) atoms. The molecular formula is C13H12BrFN2O2S. The number of sulfonamides is 1. The number of hydrogen-bond acceptors (Lipinski definition) is 3. The molecule has 0 saturated carbocycles. The van der Waals surface area contributed by atoms with Gasteiger partial charge in [0.05, 0.1) is 10.6 Å². The molecule has 0 spiro atoms. The van der Waals surface area contributed by atoms with Crippen LogP contribution in [0.2, 0.25) is 0 Å². The lowest BCUT2D eigenvalue weighted by molar-refractivity contribution is 0.578. The Morgan fingerprint density at radius 3 is 2.55 bits per heavy atom. The highest BCUT2D eigenvalue weighted by molar-refractivity contribution is 9.10. The van der Waals surface area contributed by atoms with E-state index in [9.17, 15) is 12.8 Å². The van der Waals surface area contributed by atoms with Crippen molar-refractivity contribution in [3.05, 3.63) is 58.3 Å². The molecule has 0 aliphatic carbocycles. The summed E-state index contributed by atoms with van der Waals surface area (Å²) in [6.07, 6.45) is 0. The molecule has 0 saturated heterocycles. The Kier molecular flexibility index (Phi) is 4.42. The molecule has 0 aliphatic rings. The van der Waals surface area contributed by atoms with Crippen molar-refractivity contribution in [3.8, 4) is 0 Å². The van der Waals surface area contributed by atoms with Crippen LogP contribution in [0.25, 0.3) is 0 Å². The Morgan fingerprint density at radius 1 is 1.20 bits per heavy atom. The van der Waals surface area contributed by atoms with Crippen molar-refractivity contribution in [2.45, 2.75) is 11.4 Å². The lowest BCUT2D eigenvalue weighted by atomic mass is 10.2. The van der Waals surface area contributed by atoms with E-state index >= 15 is 0 Å². The van der Waals surface area contributed by atoms with E-state index in [2.05, 4.69) is 20.7 Å². The smallest absolute Gasteiger partial charge is 0.240 e. The molecule has 2 rings (SSSR count). The fourth-order valence-electron chi connectivity index (χ4n) is 1.57. The van der Waals surface area contributed by atoms with Crippen LogP contribution < -0.4 is 10.5 Å². The van der Waals surface area contributed by atoms with Crippen molar-refractivity contribution in [1.82, 2.24) is 4.72 Å².